The fraction of sp³-hybridized carbons (Fsp3) is 0.353. The molecule has 1 aromatic heterocycles. The molecule has 6 nitrogen and oxygen atoms in total. The molecule has 0 bridgehead atoms. The van der Waals surface area contributed by atoms with E-state index in [-0.39, 0.29) is 18.7 Å². The lowest BCUT2D eigenvalue weighted by molar-refractivity contribution is -0.137. The van der Waals surface area contributed by atoms with E-state index in [1.807, 2.05) is 13.8 Å². The predicted molar refractivity (Wildman–Crippen MR) is 96.6 cm³/mol. The van der Waals surface area contributed by atoms with E-state index >= 15 is 0 Å². The van der Waals surface area contributed by atoms with Crippen molar-refractivity contribution in [2.45, 2.75) is 33.1 Å². The second-order valence-corrected chi connectivity index (χ2v) is 6.52. The Morgan fingerprint density at radius 1 is 1.28 bits per heavy atom. The summed E-state index contributed by atoms with van der Waals surface area (Å²) >= 11 is 12.2. The first-order valence-corrected chi connectivity index (χ1v) is 8.54. The van der Waals surface area contributed by atoms with Gasteiger partial charge in [-0.15, -0.1) is 0 Å². The third kappa shape index (κ3) is 4.96. The van der Waals surface area contributed by atoms with Gasteiger partial charge in [-0.05, 0) is 38.5 Å². The first-order valence-electron chi connectivity index (χ1n) is 7.78. The number of carboxylic acids is 1. The van der Waals surface area contributed by atoms with Crippen LogP contribution in [-0.2, 0) is 16.0 Å². The predicted octanol–water partition coefficient (Wildman–Crippen LogP) is 3.32. The first kappa shape index (κ1) is 19.3. The van der Waals surface area contributed by atoms with E-state index in [1.165, 1.54) is 0 Å². The molecule has 134 valence electrons. The van der Waals surface area contributed by atoms with Gasteiger partial charge in [-0.25, -0.2) is 4.68 Å². The lowest BCUT2D eigenvalue weighted by atomic mass is 10.1. The van der Waals surface area contributed by atoms with E-state index in [2.05, 4.69) is 10.4 Å². The van der Waals surface area contributed by atoms with Crippen LogP contribution in [0, 0.1) is 13.8 Å². The van der Waals surface area contributed by atoms with Gasteiger partial charge < -0.3 is 10.4 Å². The van der Waals surface area contributed by atoms with E-state index in [9.17, 15) is 9.59 Å². The molecule has 0 saturated heterocycles. The quantitative estimate of drug-likeness (QED) is 0.718. The average molecular weight is 384 g/mol. The lowest BCUT2D eigenvalue weighted by Gasteiger charge is -2.08. The molecular weight excluding hydrogens is 365 g/mol. The minimum absolute atomic E-state index is 0.0331. The number of hydrogen-bond donors (Lipinski definition) is 2. The zero-order chi connectivity index (χ0) is 18.6. The Balaban J connectivity index is 2.11. The summed E-state index contributed by atoms with van der Waals surface area (Å²) in [4.78, 5) is 22.5. The molecule has 2 aromatic rings. The van der Waals surface area contributed by atoms with E-state index in [1.54, 1.807) is 22.9 Å². The molecule has 0 aliphatic rings. The monoisotopic (exact) mass is 383 g/mol. The summed E-state index contributed by atoms with van der Waals surface area (Å²) in [5, 5.41) is 16.8. The molecule has 1 aromatic carbocycles. The number of aliphatic carboxylic acids is 1. The SMILES string of the molecule is Cc1nn(-c2ccc(Cl)cc2Cl)c(C)c1CC(=O)NCCCC(=O)O. The number of amides is 1. The van der Waals surface area contributed by atoms with Gasteiger partial charge in [-0.1, -0.05) is 23.2 Å². The number of rotatable bonds is 7. The summed E-state index contributed by atoms with van der Waals surface area (Å²) in [5.41, 5.74) is 3.08. The van der Waals surface area contributed by atoms with Crippen molar-refractivity contribution >= 4 is 35.1 Å². The van der Waals surface area contributed by atoms with Gasteiger partial charge in [0.15, 0.2) is 0 Å². The van der Waals surface area contributed by atoms with Gasteiger partial charge in [0.1, 0.15) is 0 Å². The van der Waals surface area contributed by atoms with Crippen LogP contribution in [0.5, 0.6) is 0 Å². The topological polar surface area (TPSA) is 84.2 Å². The van der Waals surface area contributed by atoms with Crippen molar-refractivity contribution in [2.75, 3.05) is 6.54 Å². The fourth-order valence-electron chi connectivity index (χ4n) is 2.51. The number of benzene rings is 1. The van der Waals surface area contributed by atoms with E-state index in [0.29, 0.717) is 28.7 Å². The first-order chi connectivity index (χ1) is 11.8. The molecule has 0 spiro atoms. The van der Waals surface area contributed by atoms with Crippen molar-refractivity contribution in [2.24, 2.45) is 0 Å². The summed E-state index contributed by atoms with van der Waals surface area (Å²) in [6, 6.07) is 5.15. The normalized spacial score (nSPS) is 10.7. The third-order valence-corrected chi connectivity index (χ3v) is 4.34. The van der Waals surface area contributed by atoms with E-state index < -0.39 is 5.97 Å². The number of carbonyl (C=O) groups is 2. The maximum atomic E-state index is 12.1. The van der Waals surface area contributed by atoms with Crippen molar-refractivity contribution in [3.05, 3.63) is 45.2 Å². The molecule has 0 aliphatic heterocycles. The van der Waals surface area contributed by atoms with Gasteiger partial charge in [-0.3, -0.25) is 9.59 Å². The molecule has 8 heteroatoms. The number of aromatic nitrogens is 2. The number of nitrogens with one attached hydrogen (secondary N) is 1. The average Bonchev–Trinajstić information content (AvgIpc) is 2.79. The maximum absolute atomic E-state index is 12.1. The molecule has 1 amide bonds. The zero-order valence-corrected chi connectivity index (χ0v) is 15.5. The fourth-order valence-corrected chi connectivity index (χ4v) is 3.00. The highest BCUT2D eigenvalue weighted by Crippen LogP contribution is 2.27. The number of carboxylic acid groups (broad SMARTS) is 1. The van der Waals surface area contributed by atoms with Crippen molar-refractivity contribution < 1.29 is 14.7 Å². The van der Waals surface area contributed by atoms with Gasteiger partial charge in [0.05, 0.1) is 22.8 Å². The highest BCUT2D eigenvalue weighted by Gasteiger charge is 2.17. The Labute approximate surface area is 155 Å². The number of nitrogens with zero attached hydrogens (tertiary/aromatic N) is 2. The number of halogens is 2. The van der Waals surface area contributed by atoms with Crippen LogP contribution in [0.4, 0.5) is 0 Å². The Morgan fingerprint density at radius 2 is 2.00 bits per heavy atom. The maximum Gasteiger partial charge on any atom is 0.303 e. The highest BCUT2D eigenvalue weighted by molar-refractivity contribution is 6.35. The van der Waals surface area contributed by atoms with Crippen LogP contribution in [0.15, 0.2) is 18.2 Å². The molecule has 2 N–H and O–H groups in total. The largest absolute Gasteiger partial charge is 0.481 e. The highest BCUT2D eigenvalue weighted by atomic mass is 35.5. The molecule has 25 heavy (non-hydrogen) atoms. The Bertz CT molecular complexity index is 803. The summed E-state index contributed by atoms with van der Waals surface area (Å²) in [6.45, 7) is 4.04. The third-order valence-electron chi connectivity index (χ3n) is 3.81. The van der Waals surface area contributed by atoms with Gasteiger partial charge in [-0.2, -0.15) is 5.10 Å². The van der Waals surface area contributed by atoms with Crippen molar-refractivity contribution in [3.63, 3.8) is 0 Å². The van der Waals surface area contributed by atoms with Crippen molar-refractivity contribution in [1.82, 2.24) is 15.1 Å². The second-order valence-electron chi connectivity index (χ2n) is 5.68. The Morgan fingerprint density at radius 3 is 2.64 bits per heavy atom. The molecular formula is C17H19Cl2N3O3. The minimum atomic E-state index is -0.873. The Hall–Kier alpha value is -2.05. The lowest BCUT2D eigenvalue weighted by Crippen LogP contribution is -2.26. The van der Waals surface area contributed by atoms with Crippen molar-refractivity contribution in [1.29, 1.82) is 0 Å². The number of carbonyl (C=O) groups excluding carboxylic acids is 1. The van der Waals surface area contributed by atoms with Crippen LogP contribution in [0.1, 0.15) is 29.8 Å². The minimum Gasteiger partial charge on any atom is -0.481 e. The van der Waals surface area contributed by atoms with E-state index in [0.717, 1.165) is 17.0 Å². The van der Waals surface area contributed by atoms with Crippen LogP contribution in [0.25, 0.3) is 5.69 Å². The summed E-state index contributed by atoms with van der Waals surface area (Å²) < 4.78 is 1.70. The number of aryl methyl sites for hydroxylation is 1. The molecule has 2 rings (SSSR count). The molecule has 0 atom stereocenters. The number of hydrogen-bond acceptors (Lipinski definition) is 3. The standard InChI is InChI=1S/C17H19Cl2N3O3/c1-10-13(9-16(23)20-7-3-4-17(24)25)11(2)22(21-10)15-6-5-12(18)8-14(15)19/h5-6,8H,3-4,7,9H2,1-2H3,(H,20,23)(H,24,25). The van der Waals surface area contributed by atoms with E-state index in [4.69, 9.17) is 28.3 Å². The molecule has 0 fully saturated rings. The summed E-state index contributed by atoms with van der Waals surface area (Å²) in [6.07, 6.45) is 0.611. The van der Waals surface area contributed by atoms with Crippen LogP contribution < -0.4 is 5.32 Å². The van der Waals surface area contributed by atoms with Gasteiger partial charge in [0.2, 0.25) is 5.91 Å². The van der Waals surface area contributed by atoms with Gasteiger partial charge in [0.25, 0.3) is 0 Å². The second kappa shape index (κ2) is 8.36. The molecule has 0 saturated carbocycles. The summed E-state index contributed by atoms with van der Waals surface area (Å²) in [5.74, 6) is -1.04. The molecule has 0 radical (unpaired) electrons. The van der Waals surface area contributed by atoms with Crippen molar-refractivity contribution in [3.8, 4) is 5.69 Å². The Kier molecular flexibility index (Phi) is 6.45. The van der Waals surface area contributed by atoms with Crippen LogP contribution in [-0.4, -0.2) is 33.3 Å². The molecule has 0 unspecified atom stereocenters. The van der Waals surface area contributed by atoms with Gasteiger partial charge in [0, 0.05) is 29.2 Å². The molecule has 1 heterocycles. The summed E-state index contributed by atoms with van der Waals surface area (Å²) in [7, 11) is 0. The zero-order valence-electron chi connectivity index (χ0n) is 14.0. The van der Waals surface area contributed by atoms with Crippen LogP contribution in [0.2, 0.25) is 10.0 Å². The van der Waals surface area contributed by atoms with Gasteiger partial charge >= 0.3 is 5.97 Å². The smallest absolute Gasteiger partial charge is 0.303 e. The molecule has 0 aliphatic carbocycles. The van der Waals surface area contributed by atoms with Crippen LogP contribution >= 0.6 is 23.2 Å². The van der Waals surface area contributed by atoms with Crippen LogP contribution in [0.3, 0.4) is 0 Å².